The minimum absolute atomic E-state index is 0.0703. The van der Waals surface area contributed by atoms with Crippen LogP contribution in [0, 0.1) is 5.82 Å². The molecule has 13 heteroatoms. The number of rotatable bonds is 11. The highest BCUT2D eigenvalue weighted by Gasteiger charge is 2.36. The van der Waals surface area contributed by atoms with E-state index in [1.807, 2.05) is 13.8 Å². The van der Waals surface area contributed by atoms with Gasteiger partial charge in [-0.3, -0.25) is 9.59 Å². The number of nitrogens with one attached hydrogen (secondary N) is 1. The number of hydrogen-bond acceptors (Lipinski definition) is 6. The third-order valence-electron chi connectivity index (χ3n) is 6.20. The number of benzene rings is 3. The lowest BCUT2D eigenvalue weighted by Gasteiger charge is -2.27. The first-order chi connectivity index (χ1) is 20.4. The molecule has 1 unspecified atom stereocenters. The highest BCUT2D eigenvalue weighted by molar-refractivity contribution is 6.30. The zero-order valence-corrected chi connectivity index (χ0v) is 24.4. The van der Waals surface area contributed by atoms with Crippen molar-refractivity contribution in [1.82, 2.24) is 0 Å². The molecule has 3 aromatic rings. The fourth-order valence-corrected chi connectivity index (χ4v) is 4.48. The van der Waals surface area contributed by atoms with E-state index in [1.54, 1.807) is 42.5 Å². The number of anilines is 2. The molecular formula is C30H31ClF4N2O6. The van der Waals surface area contributed by atoms with Gasteiger partial charge in [-0.1, -0.05) is 37.6 Å². The molecule has 3 aromatic carbocycles. The van der Waals surface area contributed by atoms with Crippen molar-refractivity contribution in [3.05, 3.63) is 76.6 Å². The molecular weight excluding hydrogens is 596 g/mol. The molecule has 0 saturated heterocycles. The van der Waals surface area contributed by atoms with Gasteiger partial charge < -0.3 is 29.5 Å². The summed E-state index contributed by atoms with van der Waals surface area (Å²) < 4.78 is 67.7. The van der Waals surface area contributed by atoms with Gasteiger partial charge in [0, 0.05) is 47.9 Å². The number of carbonyl (C=O) groups is 2. The van der Waals surface area contributed by atoms with Crippen LogP contribution in [0.25, 0.3) is 0 Å². The van der Waals surface area contributed by atoms with Crippen molar-refractivity contribution in [2.45, 2.75) is 45.5 Å². The average Bonchev–Trinajstić information content (AvgIpc) is 3.37. The van der Waals surface area contributed by atoms with Gasteiger partial charge in [0.05, 0.1) is 19.4 Å². The Labute approximate surface area is 251 Å². The maximum atomic E-state index is 14.3. The molecule has 0 aromatic heterocycles. The Kier molecular flexibility index (Phi) is 11.5. The van der Waals surface area contributed by atoms with Crippen LogP contribution in [-0.2, 0) is 16.0 Å². The molecule has 0 radical (unpaired) electrons. The first-order valence-corrected chi connectivity index (χ1v) is 13.8. The SMILES string of the molecule is CC.COc1cc(NC(C(=O)N2CCc3cc(F)c(OC(F)(F)F)cc32)c2ccc(Cl)cc2)cc(OCCCC(=O)O)c1. The second kappa shape index (κ2) is 14.8. The molecule has 0 spiro atoms. The summed E-state index contributed by atoms with van der Waals surface area (Å²) >= 11 is 6.05. The smallest absolute Gasteiger partial charge is 0.497 e. The first-order valence-electron chi connectivity index (χ1n) is 13.4. The Balaban J connectivity index is 0.00000248. The van der Waals surface area contributed by atoms with E-state index in [0.717, 1.165) is 12.1 Å². The topological polar surface area (TPSA) is 97.3 Å². The van der Waals surface area contributed by atoms with Crippen LogP contribution < -0.4 is 24.4 Å². The quantitative estimate of drug-likeness (QED) is 0.169. The number of hydrogen-bond donors (Lipinski definition) is 2. The predicted octanol–water partition coefficient (Wildman–Crippen LogP) is 7.40. The zero-order chi connectivity index (χ0) is 31.7. The van der Waals surface area contributed by atoms with Crippen LogP contribution in [0.4, 0.5) is 28.9 Å². The van der Waals surface area contributed by atoms with Crippen LogP contribution in [0.15, 0.2) is 54.6 Å². The Hall–Kier alpha value is -4.19. The summed E-state index contributed by atoms with van der Waals surface area (Å²) in [5, 5.41) is 12.4. The van der Waals surface area contributed by atoms with Crippen molar-refractivity contribution >= 4 is 34.9 Å². The number of aliphatic carboxylic acids is 1. The number of fused-ring (bicyclic) bond motifs is 1. The third kappa shape index (κ3) is 9.15. The third-order valence-corrected chi connectivity index (χ3v) is 6.45. The fraction of sp³-hybridized carbons (Fsp3) is 0.333. The molecule has 1 aliphatic heterocycles. The number of alkyl halides is 3. The summed E-state index contributed by atoms with van der Waals surface area (Å²) in [5.41, 5.74) is 1.36. The second-order valence-electron chi connectivity index (χ2n) is 9.07. The van der Waals surface area contributed by atoms with E-state index in [2.05, 4.69) is 10.1 Å². The highest BCUT2D eigenvalue weighted by atomic mass is 35.5. The number of methoxy groups -OCH3 is 1. The molecule has 232 valence electrons. The van der Waals surface area contributed by atoms with Gasteiger partial charge in [-0.15, -0.1) is 13.2 Å². The predicted molar refractivity (Wildman–Crippen MR) is 154 cm³/mol. The summed E-state index contributed by atoms with van der Waals surface area (Å²) in [6.45, 7) is 4.23. The van der Waals surface area contributed by atoms with Gasteiger partial charge in [0.1, 0.15) is 17.5 Å². The van der Waals surface area contributed by atoms with Crippen LogP contribution >= 0.6 is 11.6 Å². The van der Waals surface area contributed by atoms with Crippen molar-refractivity contribution in [1.29, 1.82) is 0 Å². The Morgan fingerprint density at radius 3 is 2.37 bits per heavy atom. The van der Waals surface area contributed by atoms with Crippen molar-refractivity contribution < 1.29 is 46.5 Å². The number of halogens is 5. The monoisotopic (exact) mass is 626 g/mol. The van der Waals surface area contributed by atoms with Gasteiger partial charge in [0.15, 0.2) is 11.6 Å². The number of carboxylic acids is 1. The maximum Gasteiger partial charge on any atom is 0.573 e. The maximum absolute atomic E-state index is 14.3. The average molecular weight is 627 g/mol. The molecule has 43 heavy (non-hydrogen) atoms. The van der Waals surface area contributed by atoms with Crippen LogP contribution in [0.3, 0.4) is 0 Å². The molecule has 8 nitrogen and oxygen atoms in total. The molecule has 0 fully saturated rings. The van der Waals surface area contributed by atoms with Crippen LogP contribution in [-0.4, -0.2) is 43.6 Å². The Morgan fingerprint density at radius 2 is 1.74 bits per heavy atom. The summed E-state index contributed by atoms with van der Waals surface area (Å²) in [6, 6.07) is 12.0. The van der Waals surface area contributed by atoms with E-state index in [4.69, 9.17) is 26.2 Å². The van der Waals surface area contributed by atoms with E-state index in [-0.39, 0.29) is 38.1 Å². The van der Waals surface area contributed by atoms with Crippen LogP contribution in [0.1, 0.15) is 43.9 Å². The summed E-state index contributed by atoms with van der Waals surface area (Å²) in [7, 11) is 1.44. The molecule has 1 atom stereocenters. The molecule has 0 aliphatic carbocycles. The van der Waals surface area contributed by atoms with Crippen molar-refractivity contribution in [2.24, 2.45) is 0 Å². The van der Waals surface area contributed by atoms with Gasteiger partial charge in [-0.05, 0) is 42.2 Å². The summed E-state index contributed by atoms with van der Waals surface area (Å²) in [5.74, 6) is -2.95. The lowest BCUT2D eigenvalue weighted by molar-refractivity contribution is -0.275. The van der Waals surface area contributed by atoms with Gasteiger partial charge in [-0.2, -0.15) is 0 Å². The van der Waals surface area contributed by atoms with Gasteiger partial charge in [0.2, 0.25) is 0 Å². The van der Waals surface area contributed by atoms with E-state index < -0.39 is 35.8 Å². The molecule has 1 aliphatic rings. The van der Waals surface area contributed by atoms with Crippen molar-refractivity contribution in [3.63, 3.8) is 0 Å². The standard InChI is InChI=1S/C28H25ClF4N2O6.C2H6/c1-39-20-12-19(13-21(14-20)40-10-2-3-25(36)37)34-26(16-4-6-18(29)7-5-16)27(38)35-9-8-17-11-22(30)24(15-23(17)35)41-28(31,32)33;1-2/h4-7,11-15,26,34H,2-3,8-10H2,1H3,(H,36,37);1-2H3. The Bertz CT molecular complexity index is 1420. The van der Waals surface area contributed by atoms with E-state index >= 15 is 0 Å². The van der Waals surface area contributed by atoms with Gasteiger partial charge in [-0.25, -0.2) is 4.39 Å². The molecule has 4 rings (SSSR count). The summed E-state index contributed by atoms with van der Waals surface area (Å²) in [4.78, 5) is 26.0. The molecule has 0 bridgehead atoms. The molecule has 1 amide bonds. The first kappa shape index (κ1) is 33.3. The lowest BCUT2D eigenvalue weighted by atomic mass is 10.0. The van der Waals surface area contributed by atoms with Crippen LogP contribution in [0.2, 0.25) is 5.02 Å². The number of carbonyl (C=O) groups excluding carboxylic acids is 1. The van der Waals surface area contributed by atoms with Gasteiger partial charge >= 0.3 is 12.3 Å². The van der Waals surface area contributed by atoms with Crippen LogP contribution in [0.5, 0.6) is 17.2 Å². The molecule has 1 heterocycles. The number of nitrogens with zero attached hydrogens (tertiary/aromatic N) is 1. The molecule has 0 saturated carbocycles. The minimum Gasteiger partial charge on any atom is -0.497 e. The zero-order valence-electron chi connectivity index (χ0n) is 23.6. The van der Waals surface area contributed by atoms with Crippen molar-refractivity contribution in [2.75, 3.05) is 30.5 Å². The fourth-order valence-electron chi connectivity index (χ4n) is 4.35. The van der Waals surface area contributed by atoms with E-state index in [9.17, 15) is 27.2 Å². The minimum atomic E-state index is -5.12. The normalized spacial score (nSPS) is 12.9. The van der Waals surface area contributed by atoms with E-state index in [1.165, 1.54) is 12.0 Å². The highest BCUT2D eigenvalue weighted by Crippen LogP contribution is 2.38. The van der Waals surface area contributed by atoms with Gasteiger partial charge in [0.25, 0.3) is 5.91 Å². The molecule has 2 N–H and O–H groups in total. The number of ether oxygens (including phenoxy) is 3. The summed E-state index contributed by atoms with van der Waals surface area (Å²) in [6.07, 6.45) is -4.68. The lowest BCUT2D eigenvalue weighted by Crippen LogP contribution is -2.37. The number of amides is 1. The largest absolute Gasteiger partial charge is 0.573 e. The number of carboxylic acid groups (broad SMARTS) is 1. The Morgan fingerprint density at radius 1 is 1.07 bits per heavy atom. The van der Waals surface area contributed by atoms with Crippen molar-refractivity contribution in [3.8, 4) is 17.2 Å². The van der Waals surface area contributed by atoms with E-state index in [0.29, 0.717) is 33.3 Å². The second-order valence-corrected chi connectivity index (χ2v) is 9.51.